The number of piperidine rings is 1. The van der Waals surface area contributed by atoms with Gasteiger partial charge < -0.3 is 14.6 Å². The van der Waals surface area contributed by atoms with E-state index >= 15 is 0 Å². The van der Waals surface area contributed by atoms with Crippen molar-refractivity contribution in [1.82, 2.24) is 19.8 Å². The van der Waals surface area contributed by atoms with Crippen molar-refractivity contribution in [3.8, 4) is 11.8 Å². The average molecular weight is 395 g/mol. The second-order valence-electron chi connectivity index (χ2n) is 7.98. The summed E-state index contributed by atoms with van der Waals surface area (Å²) in [7, 11) is 0. The van der Waals surface area contributed by atoms with Crippen molar-refractivity contribution in [3.63, 3.8) is 0 Å². The molecule has 0 bridgehead atoms. The molecule has 2 aliphatic rings. The molecule has 154 valence electrons. The fourth-order valence-electron chi connectivity index (χ4n) is 4.41. The third-order valence-corrected chi connectivity index (χ3v) is 5.97. The van der Waals surface area contributed by atoms with Crippen LogP contribution in [0.5, 0.6) is 0 Å². The molecule has 3 heterocycles. The first-order valence-electron chi connectivity index (χ1n) is 10.7. The van der Waals surface area contributed by atoms with Crippen molar-refractivity contribution in [2.75, 3.05) is 45.9 Å². The zero-order valence-corrected chi connectivity index (χ0v) is 17.2. The first kappa shape index (κ1) is 20.1. The van der Waals surface area contributed by atoms with Crippen molar-refractivity contribution in [2.24, 2.45) is 0 Å². The molecule has 1 aromatic carbocycles. The number of morpholine rings is 1. The number of benzene rings is 1. The molecule has 1 aromatic heterocycles. The number of hydrogen-bond acceptors (Lipinski definition) is 5. The lowest BCUT2D eigenvalue weighted by Crippen LogP contribution is -2.49. The van der Waals surface area contributed by atoms with Crippen molar-refractivity contribution in [2.45, 2.75) is 38.6 Å². The number of unbranched alkanes of at least 4 members (excludes halogenated alkanes) is 1. The Morgan fingerprint density at radius 1 is 1.21 bits per heavy atom. The summed E-state index contributed by atoms with van der Waals surface area (Å²) in [5.74, 6) is 7.07. The van der Waals surface area contributed by atoms with E-state index in [4.69, 9.17) is 4.74 Å². The standard InChI is InChI=1S/C23H30N4O2/c1-18-24-21-8-5-7-19(22(21)23(28)25-18)6-3-2-4-11-26-12-9-20(10-13-26)27-14-16-29-17-15-27/h5,7-8,20H,2,4,9-17H2,1H3,(H,24,25,28). The van der Waals surface area contributed by atoms with Crippen LogP contribution in [-0.4, -0.2) is 71.7 Å². The molecule has 6 nitrogen and oxygen atoms in total. The van der Waals surface area contributed by atoms with Crippen LogP contribution in [0.4, 0.5) is 0 Å². The molecule has 6 heteroatoms. The normalized spacial score (nSPS) is 19.2. The topological polar surface area (TPSA) is 61.5 Å². The van der Waals surface area contributed by atoms with E-state index < -0.39 is 0 Å². The van der Waals surface area contributed by atoms with Gasteiger partial charge in [0.15, 0.2) is 0 Å². The molecule has 2 aliphatic heterocycles. The van der Waals surface area contributed by atoms with E-state index in [1.807, 2.05) is 18.2 Å². The van der Waals surface area contributed by atoms with E-state index in [0.717, 1.165) is 57.3 Å². The number of fused-ring (bicyclic) bond motifs is 1. The lowest BCUT2D eigenvalue weighted by molar-refractivity contribution is 0.000878. The van der Waals surface area contributed by atoms with Gasteiger partial charge in [-0.15, -0.1) is 0 Å². The Morgan fingerprint density at radius 3 is 2.79 bits per heavy atom. The Morgan fingerprint density at radius 2 is 2.00 bits per heavy atom. The molecule has 0 aliphatic carbocycles. The summed E-state index contributed by atoms with van der Waals surface area (Å²) in [4.78, 5) is 24.6. The molecule has 2 fully saturated rings. The zero-order chi connectivity index (χ0) is 20.1. The minimum Gasteiger partial charge on any atom is -0.379 e. The van der Waals surface area contributed by atoms with Gasteiger partial charge >= 0.3 is 0 Å². The van der Waals surface area contributed by atoms with Gasteiger partial charge in [-0.2, -0.15) is 0 Å². The highest BCUT2D eigenvalue weighted by Gasteiger charge is 2.25. The average Bonchev–Trinajstić information content (AvgIpc) is 2.74. The number of rotatable bonds is 4. The van der Waals surface area contributed by atoms with Gasteiger partial charge in [0.2, 0.25) is 0 Å². The Bertz CT molecular complexity index is 945. The SMILES string of the molecule is Cc1nc2cccc(C#CCCCN3CCC(N4CCOCC4)CC3)c2c(=O)[nH]1. The highest BCUT2D eigenvalue weighted by Crippen LogP contribution is 2.18. The summed E-state index contributed by atoms with van der Waals surface area (Å²) in [6.07, 6.45) is 4.43. The predicted molar refractivity (Wildman–Crippen MR) is 115 cm³/mol. The van der Waals surface area contributed by atoms with Gasteiger partial charge in [0, 0.05) is 31.1 Å². The fourth-order valence-corrected chi connectivity index (χ4v) is 4.41. The number of ether oxygens (including phenoxy) is 1. The zero-order valence-electron chi connectivity index (χ0n) is 17.2. The van der Waals surface area contributed by atoms with Crippen LogP contribution in [0.2, 0.25) is 0 Å². The van der Waals surface area contributed by atoms with Crippen molar-refractivity contribution in [3.05, 3.63) is 39.9 Å². The molecular weight excluding hydrogens is 364 g/mol. The Kier molecular flexibility index (Phi) is 6.60. The van der Waals surface area contributed by atoms with Crippen LogP contribution in [0.1, 0.15) is 37.1 Å². The quantitative estimate of drug-likeness (QED) is 0.636. The maximum Gasteiger partial charge on any atom is 0.260 e. The molecule has 0 spiro atoms. The Labute approximate surface area is 172 Å². The molecular formula is C23H30N4O2. The van der Waals surface area contributed by atoms with E-state index in [1.165, 1.54) is 25.9 Å². The van der Waals surface area contributed by atoms with Crippen LogP contribution >= 0.6 is 0 Å². The number of aromatic nitrogens is 2. The predicted octanol–water partition coefficient (Wildman–Crippen LogP) is 2.16. The number of hydrogen-bond donors (Lipinski definition) is 1. The van der Waals surface area contributed by atoms with Crippen LogP contribution in [0.3, 0.4) is 0 Å². The Hall–Kier alpha value is -2.20. The lowest BCUT2D eigenvalue weighted by Gasteiger charge is -2.40. The second-order valence-corrected chi connectivity index (χ2v) is 7.98. The van der Waals surface area contributed by atoms with E-state index in [9.17, 15) is 4.79 Å². The maximum absolute atomic E-state index is 12.3. The molecule has 4 rings (SSSR count). The van der Waals surface area contributed by atoms with E-state index in [1.54, 1.807) is 6.92 Å². The summed E-state index contributed by atoms with van der Waals surface area (Å²) in [6, 6.07) is 6.41. The van der Waals surface area contributed by atoms with Gasteiger partial charge in [-0.05, 0) is 58.0 Å². The molecule has 0 amide bonds. The van der Waals surface area contributed by atoms with Gasteiger partial charge in [0.25, 0.3) is 5.56 Å². The minimum absolute atomic E-state index is 0.111. The molecule has 1 N–H and O–H groups in total. The third-order valence-electron chi connectivity index (χ3n) is 5.97. The van der Waals surface area contributed by atoms with E-state index in [-0.39, 0.29) is 5.56 Å². The van der Waals surface area contributed by atoms with Gasteiger partial charge in [0.05, 0.1) is 24.1 Å². The maximum atomic E-state index is 12.3. The van der Waals surface area contributed by atoms with Gasteiger partial charge in [-0.3, -0.25) is 9.69 Å². The summed E-state index contributed by atoms with van der Waals surface area (Å²) >= 11 is 0. The summed E-state index contributed by atoms with van der Waals surface area (Å²) in [5.41, 5.74) is 1.37. The highest BCUT2D eigenvalue weighted by molar-refractivity contribution is 5.84. The van der Waals surface area contributed by atoms with Crippen LogP contribution in [0.15, 0.2) is 23.0 Å². The summed E-state index contributed by atoms with van der Waals surface area (Å²) < 4.78 is 5.47. The number of likely N-dealkylation sites (tertiary alicyclic amines) is 1. The van der Waals surface area contributed by atoms with Gasteiger partial charge in [-0.25, -0.2) is 4.98 Å². The van der Waals surface area contributed by atoms with Gasteiger partial charge in [0.1, 0.15) is 5.82 Å². The molecule has 2 aromatic rings. The molecule has 0 unspecified atom stereocenters. The smallest absolute Gasteiger partial charge is 0.260 e. The third kappa shape index (κ3) is 5.05. The minimum atomic E-state index is -0.111. The van der Waals surface area contributed by atoms with Crippen molar-refractivity contribution < 1.29 is 4.74 Å². The van der Waals surface area contributed by atoms with Crippen LogP contribution in [0.25, 0.3) is 10.9 Å². The monoisotopic (exact) mass is 394 g/mol. The van der Waals surface area contributed by atoms with Crippen molar-refractivity contribution >= 4 is 10.9 Å². The van der Waals surface area contributed by atoms with Gasteiger partial charge in [-0.1, -0.05) is 17.9 Å². The second kappa shape index (κ2) is 9.53. The molecule has 0 radical (unpaired) electrons. The largest absolute Gasteiger partial charge is 0.379 e. The van der Waals surface area contributed by atoms with E-state index in [0.29, 0.717) is 16.7 Å². The number of nitrogens with zero attached hydrogens (tertiary/aromatic N) is 3. The number of aryl methyl sites for hydroxylation is 1. The molecule has 0 atom stereocenters. The first-order chi connectivity index (χ1) is 14.2. The number of aromatic amines is 1. The fraction of sp³-hybridized carbons (Fsp3) is 0.565. The summed E-state index contributed by atoms with van der Waals surface area (Å²) in [5, 5.41) is 0.593. The molecule has 29 heavy (non-hydrogen) atoms. The highest BCUT2D eigenvalue weighted by atomic mass is 16.5. The van der Waals surface area contributed by atoms with Crippen LogP contribution in [-0.2, 0) is 4.74 Å². The first-order valence-corrected chi connectivity index (χ1v) is 10.7. The van der Waals surface area contributed by atoms with Crippen LogP contribution in [0, 0.1) is 18.8 Å². The lowest BCUT2D eigenvalue weighted by atomic mass is 10.0. The van der Waals surface area contributed by atoms with Crippen LogP contribution < -0.4 is 5.56 Å². The molecule has 2 saturated heterocycles. The number of nitrogens with one attached hydrogen (secondary N) is 1. The molecule has 0 saturated carbocycles. The Balaban J connectivity index is 1.26. The van der Waals surface area contributed by atoms with E-state index in [2.05, 4.69) is 31.6 Å². The number of H-pyrrole nitrogens is 1. The summed E-state index contributed by atoms with van der Waals surface area (Å²) in [6.45, 7) is 9.20. The van der Waals surface area contributed by atoms with Crippen molar-refractivity contribution in [1.29, 1.82) is 0 Å².